The summed E-state index contributed by atoms with van der Waals surface area (Å²) in [7, 11) is 0. The topological polar surface area (TPSA) is 34.0 Å². The first-order valence-corrected chi connectivity index (χ1v) is 7.95. The Kier molecular flexibility index (Phi) is 3.87. The Bertz CT molecular complexity index is 426. The van der Waals surface area contributed by atoms with Crippen LogP contribution in [0.4, 0.5) is 0 Å². The minimum Gasteiger partial charge on any atom is -0.315 e. The van der Waals surface area contributed by atoms with Crippen molar-refractivity contribution in [3.63, 3.8) is 0 Å². The van der Waals surface area contributed by atoms with Crippen LogP contribution in [0.2, 0.25) is 0 Å². The fraction of sp³-hybridized carbons (Fsp3) is 0.867. The van der Waals surface area contributed by atoms with Crippen molar-refractivity contribution >= 4 is 0 Å². The van der Waals surface area contributed by atoms with Crippen LogP contribution < -0.4 is 0 Å². The number of aromatic nitrogens is 3. The van der Waals surface area contributed by atoms with Gasteiger partial charge in [-0.2, -0.15) is 0 Å². The molecule has 0 spiro atoms. The van der Waals surface area contributed by atoms with Gasteiger partial charge in [-0.25, -0.2) is 0 Å². The number of piperidine rings is 1. The summed E-state index contributed by atoms with van der Waals surface area (Å²) < 4.78 is 2.40. The Labute approximate surface area is 116 Å². The predicted molar refractivity (Wildman–Crippen MR) is 76.3 cm³/mol. The molecule has 19 heavy (non-hydrogen) atoms. The largest absolute Gasteiger partial charge is 0.315 e. The molecule has 0 bridgehead atoms. The van der Waals surface area contributed by atoms with E-state index in [9.17, 15) is 0 Å². The van der Waals surface area contributed by atoms with Gasteiger partial charge in [-0.1, -0.05) is 20.3 Å². The van der Waals surface area contributed by atoms with E-state index in [1.807, 2.05) is 0 Å². The van der Waals surface area contributed by atoms with Gasteiger partial charge in [-0.15, -0.1) is 10.2 Å². The van der Waals surface area contributed by atoms with Gasteiger partial charge in [0.2, 0.25) is 0 Å². The Morgan fingerprint density at radius 1 is 1.11 bits per heavy atom. The molecular formula is C15H26N4. The molecule has 4 nitrogen and oxygen atoms in total. The summed E-state index contributed by atoms with van der Waals surface area (Å²) in [6.07, 6.45) is 7.70. The van der Waals surface area contributed by atoms with E-state index in [-0.39, 0.29) is 0 Å². The van der Waals surface area contributed by atoms with Gasteiger partial charge in [-0.05, 0) is 38.8 Å². The van der Waals surface area contributed by atoms with Gasteiger partial charge in [0.25, 0.3) is 0 Å². The molecule has 1 saturated heterocycles. The number of fused-ring (bicyclic) bond motifs is 1. The predicted octanol–water partition coefficient (Wildman–Crippen LogP) is 2.59. The molecule has 1 aromatic rings. The zero-order valence-electron chi connectivity index (χ0n) is 12.3. The van der Waals surface area contributed by atoms with Crippen molar-refractivity contribution in [1.82, 2.24) is 19.7 Å². The average molecular weight is 262 g/mol. The van der Waals surface area contributed by atoms with E-state index in [1.165, 1.54) is 56.8 Å². The number of likely N-dealkylation sites (N-methyl/N-ethyl adjacent to an activating group) is 1. The standard InChI is InChI=1S/C15H26N4/c1-3-18-9-5-4-8-13(18)11-14-16-17-15-12(2)7-6-10-19(14)15/h12-13H,3-11H2,1-2H3. The second kappa shape index (κ2) is 5.61. The van der Waals surface area contributed by atoms with E-state index in [4.69, 9.17) is 0 Å². The summed E-state index contributed by atoms with van der Waals surface area (Å²) in [5.41, 5.74) is 0. The number of rotatable bonds is 3. The minimum absolute atomic E-state index is 0.587. The minimum atomic E-state index is 0.587. The second-order valence-electron chi connectivity index (χ2n) is 6.15. The molecule has 0 N–H and O–H groups in total. The normalized spacial score (nSPS) is 28.3. The molecule has 1 fully saturated rings. The van der Waals surface area contributed by atoms with Crippen molar-refractivity contribution in [2.45, 2.75) is 70.9 Å². The molecule has 0 radical (unpaired) electrons. The summed E-state index contributed by atoms with van der Waals surface area (Å²) in [6, 6.07) is 0.685. The van der Waals surface area contributed by atoms with Crippen molar-refractivity contribution in [3.8, 4) is 0 Å². The quantitative estimate of drug-likeness (QED) is 0.839. The van der Waals surface area contributed by atoms with Crippen LogP contribution in [-0.4, -0.2) is 38.8 Å². The third-order valence-corrected chi connectivity index (χ3v) is 4.89. The zero-order valence-corrected chi connectivity index (χ0v) is 12.3. The van der Waals surface area contributed by atoms with Crippen LogP contribution in [-0.2, 0) is 13.0 Å². The SMILES string of the molecule is CCN1CCCCC1Cc1nnc2n1CCCC2C. The molecule has 2 aliphatic heterocycles. The molecule has 0 saturated carbocycles. The number of hydrogen-bond acceptors (Lipinski definition) is 3. The number of nitrogens with zero attached hydrogens (tertiary/aromatic N) is 4. The van der Waals surface area contributed by atoms with Crippen LogP contribution in [0.15, 0.2) is 0 Å². The Morgan fingerprint density at radius 3 is 2.84 bits per heavy atom. The lowest BCUT2D eigenvalue weighted by Gasteiger charge is -2.34. The van der Waals surface area contributed by atoms with E-state index in [0.717, 1.165) is 13.0 Å². The molecular weight excluding hydrogens is 236 g/mol. The van der Waals surface area contributed by atoms with Gasteiger partial charge >= 0.3 is 0 Å². The first-order chi connectivity index (χ1) is 9.29. The van der Waals surface area contributed by atoms with Crippen molar-refractivity contribution in [1.29, 1.82) is 0 Å². The van der Waals surface area contributed by atoms with Crippen LogP contribution >= 0.6 is 0 Å². The fourth-order valence-electron chi connectivity index (χ4n) is 3.71. The second-order valence-corrected chi connectivity index (χ2v) is 6.15. The summed E-state index contributed by atoms with van der Waals surface area (Å²) >= 11 is 0. The maximum absolute atomic E-state index is 4.50. The third kappa shape index (κ3) is 2.55. The molecule has 3 heterocycles. The number of hydrogen-bond donors (Lipinski definition) is 0. The van der Waals surface area contributed by atoms with Gasteiger partial charge in [-0.3, -0.25) is 0 Å². The number of likely N-dealkylation sites (tertiary alicyclic amines) is 1. The highest BCUT2D eigenvalue weighted by molar-refractivity contribution is 5.05. The lowest BCUT2D eigenvalue weighted by molar-refractivity contribution is 0.152. The van der Waals surface area contributed by atoms with Crippen molar-refractivity contribution in [2.75, 3.05) is 13.1 Å². The first kappa shape index (κ1) is 13.1. The fourth-order valence-corrected chi connectivity index (χ4v) is 3.71. The molecule has 2 aliphatic rings. The van der Waals surface area contributed by atoms with Crippen molar-refractivity contribution < 1.29 is 0 Å². The molecule has 0 aliphatic carbocycles. The maximum Gasteiger partial charge on any atom is 0.135 e. The smallest absolute Gasteiger partial charge is 0.135 e. The van der Waals surface area contributed by atoms with E-state index in [1.54, 1.807) is 0 Å². The summed E-state index contributed by atoms with van der Waals surface area (Å²) in [4.78, 5) is 2.62. The monoisotopic (exact) mass is 262 g/mol. The van der Waals surface area contributed by atoms with E-state index in [0.29, 0.717) is 12.0 Å². The molecule has 106 valence electrons. The molecule has 0 aromatic carbocycles. The molecule has 4 heteroatoms. The lowest BCUT2D eigenvalue weighted by atomic mass is 9.98. The molecule has 2 atom stereocenters. The summed E-state index contributed by atoms with van der Waals surface area (Å²) in [6.45, 7) is 8.11. The van der Waals surface area contributed by atoms with Crippen LogP contribution in [0.25, 0.3) is 0 Å². The third-order valence-electron chi connectivity index (χ3n) is 4.89. The Morgan fingerprint density at radius 2 is 2.00 bits per heavy atom. The van der Waals surface area contributed by atoms with Gasteiger partial charge in [0.15, 0.2) is 0 Å². The van der Waals surface area contributed by atoms with Crippen molar-refractivity contribution in [2.24, 2.45) is 0 Å². The molecule has 2 unspecified atom stereocenters. The molecule has 1 aromatic heterocycles. The van der Waals surface area contributed by atoms with Crippen LogP contribution in [0.1, 0.15) is 63.5 Å². The van der Waals surface area contributed by atoms with E-state index in [2.05, 4.69) is 33.5 Å². The van der Waals surface area contributed by atoms with E-state index < -0.39 is 0 Å². The molecule has 3 rings (SSSR count). The van der Waals surface area contributed by atoms with Gasteiger partial charge in [0.1, 0.15) is 11.6 Å². The van der Waals surface area contributed by atoms with Crippen LogP contribution in [0, 0.1) is 0 Å². The Hall–Kier alpha value is -0.900. The van der Waals surface area contributed by atoms with Crippen LogP contribution in [0.3, 0.4) is 0 Å². The van der Waals surface area contributed by atoms with Gasteiger partial charge in [0, 0.05) is 24.9 Å². The average Bonchev–Trinajstić information content (AvgIpc) is 2.84. The van der Waals surface area contributed by atoms with Gasteiger partial charge in [0.05, 0.1) is 0 Å². The van der Waals surface area contributed by atoms with Crippen molar-refractivity contribution in [3.05, 3.63) is 11.6 Å². The highest BCUT2D eigenvalue weighted by Crippen LogP contribution is 2.27. The molecule has 0 amide bonds. The summed E-state index contributed by atoms with van der Waals surface area (Å²) in [5, 5.41) is 8.95. The first-order valence-electron chi connectivity index (χ1n) is 7.95. The highest BCUT2D eigenvalue weighted by Gasteiger charge is 2.26. The van der Waals surface area contributed by atoms with Gasteiger partial charge < -0.3 is 9.47 Å². The zero-order chi connectivity index (χ0) is 13.2. The maximum atomic E-state index is 4.50. The Balaban J connectivity index is 1.76. The lowest BCUT2D eigenvalue weighted by Crippen LogP contribution is -2.41. The van der Waals surface area contributed by atoms with E-state index >= 15 is 0 Å². The summed E-state index contributed by atoms with van der Waals surface area (Å²) in [5.74, 6) is 3.04. The highest BCUT2D eigenvalue weighted by atomic mass is 15.3. The van der Waals surface area contributed by atoms with Crippen LogP contribution in [0.5, 0.6) is 0 Å².